The van der Waals surface area contributed by atoms with Crippen LogP contribution in [-0.2, 0) is 4.79 Å². The molecule has 0 aliphatic heterocycles. The number of amides is 1. The smallest absolute Gasteiger partial charge is 0.265 e. The van der Waals surface area contributed by atoms with E-state index in [2.05, 4.69) is 21.2 Å². The lowest BCUT2D eigenvalue weighted by molar-refractivity contribution is -0.122. The van der Waals surface area contributed by atoms with Gasteiger partial charge in [0.1, 0.15) is 11.6 Å². The van der Waals surface area contributed by atoms with Gasteiger partial charge in [0.25, 0.3) is 5.91 Å². The van der Waals surface area contributed by atoms with Crippen LogP contribution in [0.2, 0.25) is 0 Å². The number of halogens is 2. The molecule has 1 unspecified atom stereocenters. The summed E-state index contributed by atoms with van der Waals surface area (Å²) in [5.41, 5.74) is 0.122. The highest BCUT2D eigenvalue weighted by Gasteiger charge is 2.17. The molecule has 3 aromatic carbocycles. The van der Waals surface area contributed by atoms with Crippen molar-refractivity contribution in [2.75, 3.05) is 5.32 Å². The Morgan fingerprint density at radius 3 is 2.67 bits per heavy atom. The number of carbonyl (C=O) groups is 1. The summed E-state index contributed by atoms with van der Waals surface area (Å²) in [6.45, 7) is 1.63. The van der Waals surface area contributed by atoms with Crippen molar-refractivity contribution in [1.29, 1.82) is 0 Å². The molecular weight excluding hydrogens is 373 g/mol. The normalized spacial score (nSPS) is 12.0. The number of rotatable bonds is 4. The van der Waals surface area contributed by atoms with E-state index in [1.54, 1.807) is 13.0 Å². The first-order chi connectivity index (χ1) is 11.5. The lowest BCUT2D eigenvalue weighted by Gasteiger charge is -2.16. The molecule has 3 nitrogen and oxygen atoms in total. The van der Waals surface area contributed by atoms with Gasteiger partial charge in [-0.3, -0.25) is 4.79 Å². The van der Waals surface area contributed by atoms with E-state index in [9.17, 15) is 9.18 Å². The topological polar surface area (TPSA) is 38.3 Å². The monoisotopic (exact) mass is 387 g/mol. The van der Waals surface area contributed by atoms with Crippen LogP contribution in [0.25, 0.3) is 10.8 Å². The van der Waals surface area contributed by atoms with Gasteiger partial charge >= 0.3 is 0 Å². The number of carbonyl (C=O) groups excluding carboxylic acids is 1. The number of ether oxygens (including phenoxy) is 1. The summed E-state index contributed by atoms with van der Waals surface area (Å²) < 4.78 is 20.2. The number of fused-ring (bicyclic) bond motifs is 1. The zero-order valence-corrected chi connectivity index (χ0v) is 14.5. The van der Waals surface area contributed by atoms with Gasteiger partial charge in [-0.05, 0) is 36.6 Å². The highest BCUT2D eigenvalue weighted by atomic mass is 79.9. The molecule has 0 saturated heterocycles. The molecule has 1 atom stereocenters. The molecule has 1 amide bonds. The third kappa shape index (κ3) is 3.57. The van der Waals surface area contributed by atoms with E-state index in [-0.39, 0.29) is 5.69 Å². The summed E-state index contributed by atoms with van der Waals surface area (Å²) in [7, 11) is 0. The number of nitrogens with one attached hydrogen (secondary N) is 1. The van der Waals surface area contributed by atoms with E-state index in [0.717, 1.165) is 10.8 Å². The Balaban J connectivity index is 1.76. The molecule has 1 N–H and O–H groups in total. The summed E-state index contributed by atoms with van der Waals surface area (Å²) in [6, 6.07) is 17.9. The van der Waals surface area contributed by atoms with E-state index in [1.165, 1.54) is 12.1 Å². The first-order valence-corrected chi connectivity index (χ1v) is 8.24. The van der Waals surface area contributed by atoms with Crippen LogP contribution in [0.4, 0.5) is 10.1 Å². The Hall–Kier alpha value is -2.40. The highest BCUT2D eigenvalue weighted by Crippen LogP contribution is 2.26. The molecule has 24 heavy (non-hydrogen) atoms. The highest BCUT2D eigenvalue weighted by molar-refractivity contribution is 9.10. The van der Waals surface area contributed by atoms with Crippen LogP contribution in [-0.4, -0.2) is 12.0 Å². The molecule has 0 aliphatic carbocycles. The maximum Gasteiger partial charge on any atom is 0.265 e. The summed E-state index contributed by atoms with van der Waals surface area (Å²) >= 11 is 3.18. The van der Waals surface area contributed by atoms with Crippen LogP contribution >= 0.6 is 15.9 Å². The lowest BCUT2D eigenvalue weighted by Crippen LogP contribution is -2.30. The minimum atomic E-state index is -0.765. The second kappa shape index (κ2) is 7.01. The van der Waals surface area contributed by atoms with Crippen LogP contribution in [0.1, 0.15) is 6.92 Å². The standard InChI is InChI=1S/C19H15BrFNO2/c1-12(19(23)22-17-10-9-14(20)11-16(17)21)24-18-8-4-6-13-5-2-3-7-15(13)18/h2-12H,1H3,(H,22,23). The first-order valence-electron chi connectivity index (χ1n) is 7.45. The maximum atomic E-state index is 13.8. The molecule has 0 bridgehead atoms. The van der Waals surface area contributed by atoms with Crippen molar-refractivity contribution in [2.24, 2.45) is 0 Å². The molecule has 0 aliphatic rings. The van der Waals surface area contributed by atoms with Crippen LogP contribution < -0.4 is 10.1 Å². The number of benzene rings is 3. The molecule has 0 saturated carbocycles. The van der Waals surface area contributed by atoms with E-state index >= 15 is 0 Å². The van der Waals surface area contributed by atoms with Gasteiger partial charge < -0.3 is 10.1 Å². The second-order valence-corrected chi connectivity index (χ2v) is 6.27. The largest absolute Gasteiger partial charge is 0.480 e. The minimum absolute atomic E-state index is 0.122. The SMILES string of the molecule is CC(Oc1cccc2ccccc12)C(=O)Nc1ccc(Br)cc1F. The minimum Gasteiger partial charge on any atom is -0.480 e. The van der Waals surface area contributed by atoms with Crippen molar-refractivity contribution in [3.8, 4) is 5.75 Å². The van der Waals surface area contributed by atoms with Crippen LogP contribution in [0.3, 0.4) is 0 Å². The zero-order chi connectivity index (χ0) is 17.1. The summed E-state index contributed by atoms with van der Waals surface area (Å²) in [6.07, 6.45) is -0.765. The molecule has 0 fully saturated rings. The molecule has 0 heterocycles. The van der Waals surface area contributed by atoms with Gasteiger partial charge in [-0.2, -0.15) is 0 Å². The molecule has 5 heteroatoms. The molecule has 3 aromatic rings. The maximum absolute atomic E-state index is 13.8. The number of hydrogen-bond acceptors (Lipinski definition) is 2. The molecule has 3 rings (SSSR count). The Morgan fingerprint density at radius 2 is 1.88 bits per heavy atom. The van der Waals surface area contributed by atoms with Gasteiger partial charge in [-0.15, -0.1) is 0 Å². The fourth-order valence-corrected chi connectivity index (χ4v) is 2.70. The van der Waals surface area contributed by atoms with Crippen molar-refractivity contribution < 1.29 is 13.9 Å². The quantitative estimate of drug-likeness (QED) is 0.672. The van der Waals surface area contributed by atoms with E-state index in [1.807, 2.05) is 42.5 Å². The molecule has 0 radical (unpaired) electrons. The number of anilines is 1. The Kier molecular flexibility index (Phi) is 4.81. The van der Waals surface area contributed by atoms with E-state index < -0.39 is 17.8 Å². The van der Waals surface area contributed by atoms with E-state index in [4.69, 9.17) is 4.74 Å². The fourth-order valence-electron chi connectivity index (χ4n) is 2.37. The Morgan fingerprint density at radius 1 is 1.12 bits per heavy atom. The lowest BCUT2D eigenvalue weighted by atomic mass is 10.1. The Bertz CT molecular complexity index is 892. The van der Waals surface area contributed by atoms with Gasteiger partial charge in [0.2, 0.25) is 0 Å². The summed E-state index contributed by atoms with van der Waals surface area (Å²) in [4.78, 5) is 12.3. The first kappa shape index (κ1) is 16.5. The summed E-state index contributed by atoms with van der Waals surface area (Å²) in [5, 5.41) is 4.50. The van der Waals surface area contributed by atoms with Gasteiger partial charge in [0.15, 0.2) is 6.10 Å². The van der Waals surface area contributed by atoms with Crippen molar-refractivity contribution in [3.05, 3.63) is 71.0 Å². The molecule has 122 valence electrons. The fraction of sp³-hybridized carbons (Fsp3) is 0.105. The van der Waals surface area contributed by atoms with Gasteiger partial charge in [-0.1, -0.05) is 52.3 Å². The average molecular weight is 388 g/mol. The zero-order valence-electron chi connectivity index (χ0n) is 12.9. The Labute approximate surface area is 147 Å². The van der Waals surface area contributed by atoms with Gasteiger partial charge in [-0.25, -0.2) is 4.39 Å². The predicted molar refractivity (Wildman–Crippen MR) is 96.8 cm³/mol. The van der Waals surface area contributed by atoms with Crippen LogP contribution in [0, 0.1) is 5.82 Å². The van der Waals surface area contributed by atoms with Crippen LogP contribution in [0.5, 0.6) is 5.75 Å². The van der Waals surface area contributed by atoms with Crippen LogP contribution in [0.15, 0.2) is 65.1 Å². The molecule has 0 spiro atoms. The van der Waals surface area contributed by atoms with Gasteiger partial charge in [0, 0.05) is 9.86 Å². The predicted octanol–water partition coefficient (Wildman–Crippen LogP) is 5.15. The average Bonchev–Trinajstić information content (AvgIpc) is 2.57. The third-order valence-corrected chi connectivity index (χ3v) is 4.10. The number of hydrogen-bond donors (Lipinski definition) is 1. The van der Waals surface area contributed by atoms with E-state index in [0.29, 0.717) is 10.2 Å². The van der Waals surface area contributed by atoms with Gasteiger partial charge in [0.05, 0.1) is 5.69 Å². The van der Waals surface area contributed by atoms with Crippen molar-refractivity contribution in [3.63, 3.8) is 0 Å². The van der Waals surface area contributed by atoms with Crippen molar-refractivity contribution in [2.45, 2.75) is 13.0 Å². The van der Waals surface area contributed by atoms with Crippen molar-refractivity contribution in [1.82, 2.24) is 0 Å². The summed E-state index contributed by atoms with van der Waals surface area (Å²) in [5.74, 6) is -0.300. The second-order valence-electron chi connectivity index (χ2n) is 5.35. The molecule has 0 aromatic heterocycles. The molecular formula is C19H15BrFNO2. The van der Waals surface area contributed by atoms with Crippen molar-refractivity contribution >= 4 is 38.3 Å². The third-order valence-electron chi connectivity index (χ3n) is 3.61.